The monoisotopic (exact) mass is 331 g/mol. The van der Waals surface area contributed by atoms with Crippen molar-refractivity contribution >= 4 is 11.9 Å². The number of carbonyl (C=O) groups excluding carboxylic acids is 2. The molecule has 1 atom stereocenters. The van der Waals surface area contributed by atoms with Crippen LogP contribution in [0.3, 0.4) is 0 Å². The highest BCUT2D eigenvalue weighted by Crippen LogP contribution is 2.18. The number of ether oxygens (including phenoxy) is 1. The number of rotatable bonds is 6. The molecule has 0 saturated carbocycles. The normalized spacial score (nSPS) is 11.8. The number of amides is 1. The lowest BCUT2D eigenvalue weighted by molar-refractivity contribution is -0.146. The number of aliphatic hydroxyl groups excluding tert-OH is 1. The van der Waals surface area contributed by atoms with Crippen LogP contribution in [0.15, 0.2) is 30.3 Å². The van der Waals surface area contributed by atoms with Crippen LogP contribution in [-0.2, 0) is 20.7 Å². The van der Waals surface area contributed by atoms with Gasteiger partial charge in [0.05, 0.1) is 31.5 Å². The predicted octanol–water partition coefficient (Wildman–Crippen LogP) is 0.682. The van der Waals surface area contributed by atoms with Crippen LogP contribution in [0.1, 0.15) is 17.0 Å². The van der Waals surface area contributed by atoms with Crippen molar-refractivity contribution in [2.75, 3.05) is 13.7 Å². The minimum absolute atomic E-state index is 0.0675. The first-order chi connectivity index (χ1) is 11.5. The number of para-hydroxylation sites is 1. The summed E-state index contributed by atoms with van der Waals surface area (Å²) in [5.74, 6) is -1.06. The first kappa shape index (κ1) is 17.7. The van der Waals surface area contributed by atoms with Crippen molar-refractivity contribution in [1.29, 1.82) is 0 Å². The molecule has 0 bridgehead atoms. The number of esters is 1. The van der Waals surface area contributed by atoms with E-state index in [4.69, 9.17) is 0 Å². The molecular formula is C17H21N3O4. The van der Waals surface area contributed by atoms with Crippen LogP contribution in [0.25, 0.3) is 5.69 Å². The van der Waals surface area contributed by atoms with Gasteiger partial charge >= 0.3 is 5.97 Å². The smallest absolute Gasteiger partial charge is 0.330 e. The van der Waals surface area contributed by atoms with Gasteiger partial charge in [-0.15, -0.1) is 0 Å². The topological polar surface area (TPSA) is 93.4 Å². The summed E-state index contributed by atoms with van der Waals surface area (Å²) in [5.41, 5.74) is 3.29. The van der Waals surface area contributed by atoms with E-state index in [0.29, 0.717) is 0 Å². The van der Waals surface area contributed by atoms with Gasteiger partial charge in [-0.1, -0.05) is 18.2 Å². The molecular weight excluding hydrogens is 310 g/mol. The first-order valence-corrected chi connectivity index (χ1v) is 7.56. The van der Waals surface area contributed by atoms with Gasteiger partial charge in [-0.3, -0.25) is 4.79 Å². The van der Waals surface area contributed by atoms with Crippen LogP contribution in [-0.4, -0.2) is 46.5 Å². The number of aryl methyl sites for hydroxylation is 1. The minimum Gasteiger partial charge on any atom is -0.467 e. The van der Waals surface area contributed by atoms with Gasteiger partial charge in [0.1, 0.15) is 0 Å². The van der Waals surface area contributed by atoms with E-state index in [2.05, 4.69) is 15.2 Å². The van der Waals surface area contributed by atoms with Crippen molar-refractivity contribution < 1.29 is 19.4 Å². The third kappa shape index (κ3) is 3.80. The molecule has 2 aromatic rings. The molecule has 0 fully saturated rings. The summed E-state index contributed by atoms with van der Waals surface area (Å²) < 4.78 is 6.31. The maximum Gasteiger partial charge on any atom is 0.330 e. The van der Waals surface area contributed by atoms with Gasteiger partial charge in [0.2, 0.25) is 5.91 Å². The highest BCUT2D eigenvalue weighted by Gasteiger charge is 2.22. The summed E-state index contributed by atoms with van der Waals surface area (Å²) in [4.78, 5) is 23.6. The second kappa shape index (κ2) is 7.74. The lowest BCUT2D eigenvalue weighted by Crippen LogP contribution is -2.44. The van der Waals surface area contributed by atoms with Crippen molar-refractivity contribution in [1.82, 2.24) is 15.1 Å². The third-order valence-corrected chi connectivity index (χ3v) is 3.78. The van der Waals surface area contributed by atoms with Crippen molar-refractivity contribution in [2.45, 2.75) is 26.3 Å². The lowest BCUT2D eigenvalue weighted by atomic mass is 10.1. The number of aromatic nitrogens is 2. The van der Waals surface area contributed by atoms with Crippen molar-refractivity contribution in [3.8, 4) is 5.69 Å². The first-order valence-electron chi connectivity index (χ1n) is 7.56. The van der Waals surface area contributed by atoms with Crippen LogP contribution < -0.4 is 5.32 Å². The Bertz CT molecular complexity index is 725. The Morgan fingerprint density at radius 3 is 2.54 bits per heavy atom. The van der Waals surface area contributed by atoms with Crippen molar-refractivity contribution in [2.24, 2.45) is 0 Å². The molecule has 0 unspecified atom stereocenters. The second-order valence-corrected chi connectivity index (χ2v) is 5.40. The molecule has 0 aliphatic heterocycles. The Kier molecular flexibility index (Phi) is 5.70. The molecule has 1 amide bonds. The second-order valence-electron chi connectivity index (χ2n) is 5.40. The highest BCUT2D eigenvalue weighted by atomic mass is 16.5. The van der Waals surface area contributed by atoms with E-state index in [-0.39, 0.29) is 12.3 Å². The third-order valence-electron chi connectivity index (χ3n) is 3.78. The SMILES string of the molecule is COC(=O)[C@@H](CO)NC(=O)Cc1c(C)nn(-c2ccccc2)c1C. The number of carbonyl (C=O) groups is 2. The van der Waals surface area contributed by atoms with E-state index in [1.807, 2.05) is 44.2 Å². The largest absolute Gasteiger partial charge is 0.467 e. The zero-order valence-corrected chi connectivity index (χ0v) is 13.9. The van der Waals surface area contributed by atoms with Crippen molar-refractivity contribution in [3.05, 3.63) is 47.3 Å². The molecule has 0 radical (unpaired) electrons. The Labute approximate surface area is 140 Å². The van der Waals surface area contributed by atoms with Crippen LogP contribution >= 0.6 is 0 Å². The molecule has 0 saturated heterocycles. The summed E-state index contributed by atoms with van der Waals surface area (Å²) in [7, 11) is 1.20. The van der Waals surface area contributed by atoms with Gasteiger partial charge in [0.25, 0.3) is 0 Å². The van der Waals surface area contributed by atoms with Gasteiger partial charge in [0, 0.05) is 11.3 Å². The minimum atomic E-state index is -1.06. The molecule has 1 heterocycles. The van der Waals surface area contributed by atoms with E-state index in [0.717, 1.165) is 22.6 Å². The number of benzene rings is 1. The van der Waals surface area contributed by atoms with Gasteiger partial charge < -0.3 is 15.2 Å². The summed E-state index contributed by atoms with van der Waals surface area (Å²) in [6, 6.07) is 8.56. The number of nitrogens with one attached hydrogen (secondary N) is 1. The fourth-order valence-electron chi connectivity index (χ4n) is 2.48. The van der Waals surface area contributed by atoms with E-state index in [1.54, 1.807) is 4.68 Å². The number of methoxy groups -OCH3 is 1. The Hall–Kier alpha value is -2.67. The number of aliphatic hydroxyl groups is 1. The molecule has 128 valence electrons. The fraction of sp³-hybridized carbons (Fsp3) is 0.353. The van der Waals surface area contributed by atoms with E-state index in [9.17, 15) is 14.7 Å². The van der Waals surface area contributed by atoms with Gasteiger partial charge in [-0.25, -0.2) is 9.48 Å². The predicted molar refractivity (Wildman–Crippen MR) is 87.8 cm³/mol. The molecule has 7 nitrogen and oxygen atoms in total. The quantitative estimate of drug-likeness (QED) is 0.759. The van der Waals surface area contributed by atoms with Gasteiger partial charge in [-0.2, -0.15) is 5.10 Å². The molecule has 0 spiro atoms. The van der Waals surface area contributed by atoms with Crippen LogP contribution in [0, 0.1) is 13.8 Å². The zero-order chi connectivity index (χ0) is 17.7. The molecule has 0 aliphatic carbocycles. The number of hydrogen-bond acceptors (Lipinski definition) is 5. The lowest BCUT2D eigenvalue weighted by Gasteiger charge is -2.13. The molecule has 24 heavy (non-hydrogen) atoms. The average Bonchev–Trinajstić information content (AvgIpc) is 2.88. The van der Waals surface area contributed by atoms with Gasteiger partial charge in [-0.05, 0) is 26.0 Å². The average molecular weight is 331 g/mol. The standard InChI is InChI=1S/C17H21N3O4/c1-11-14(9-16(22)18-15(10-21)17(23)24-3)12(2)20(19-11)13-7-5-4-6-8-13/h4-8,15,21H,9-10H2,1-3H3,(H,18,22)/t15-/m1/s1. The maximum atomic E-state index is 12.2. The van der Waals surface area contributed by atoms with Crippen molar-refractivity contribution in [3.63, 3.8) is 0 Å². The zero-order valence-electron chi connectivity index (χ0n) is 13.9. The van der Waals surface area contributed by atoms with E-state index in [1.165, 1.54) is 7.11 Å². The maximum absolute atomic E-state index is 12.2. The summed E-state index contributed by atoms with van der Waals surface area (Å²) in [6.07, 6.45) is 0.0675. The molecule has 1 aromatic heterocycles. The molecule has 1 aromatic carbocycles. The summed E-state index contributed by atoms with van der Waals surface area (Å²) >= 11 is 0. The highest BCUT2D eigenvalue weighted by molar-refractivity contribution is 5.86. The van der Waals surface area contributed by atoms with E-state index < -0.39 is 18.6 Å². The number of nitrogens with zero attached hydrogens (tertiary/aromatic N) is 2. The Morgan fingerprint density at radius 2 is 1.96 bits per heavy atom. The van der Waals surface area contributed by atoms with Crippen LogP contribution in [0.2, 0.25) is 0 Å². The fourth-order valence-corrected chi connectivity index (χ4v) is 2.48. The van der Waals surface area contributed by atoms with Gasteiger partial charge in [0.15, 0.2) is 6.04 Å². The molecule has 0 aliphatic rings. The molecule has 2 rings (SSSR count). The van der Waals surface area contributed by atoms with Crippen LogP contribution in [0.5, 0.6) is 0 Å². The van der Waals surface area contributed by atoms with Crippen LogP contribution in [0.4, 0.5) is 0 Å². The summed E-state index contributed by atoms with van der Waals surface area (Å²) in [6.45, 7) is 3.21. The number of hydrogen-bond donors (Lipinski definition) is 2. The Balaban J connectivity index is 2.17. The molecule has 7 heteroatoms. The molecule has 2 N–H and O–H groups in total. The summed E-state index contributed by atoms with van der Waals surface area (Å²) in [5, 5.41) is 16.1. The Morgan fingerprint density at radius 1 is 1.29 bits per heavy atom. The van der Waals surface area contributed by atoms with E-state index >= 15 is 0 Å².